The van der Waals surface area contributed by atoms with E-state index in [0.29, 0.717) is 6.54 Å². The molecule has 0 atom stereocenters. The topological polar surface area (TPSA) is 20.3 Å². The molecule has 1 aliphatic heterocycles. The maximum atomic E-state index is 14.0. The molecule has 1 aliphatic rings. The van der Waals surface area contributed by atoms with E-state index in [9.17, 15) is 9.18 Å². The quantitative estimate of drug-likeness (QED) is 0.771. The molecule has 0 bridgehead atoms. The van der Waals surface area contributed by atoms with E-state index in [1.165, 1.54) is 6.07 Å². The number of hydrogen-bond donors (Lipinski definition) is 0. The highest BCUT2D eigenvalue weighted by Crippen LogP contribution is 2.28. The minimum atomic E-state index is -0.452. The molecule has 1 amide bonds. The molecule has 2 nitrogen and oxygen atoms in total. The Morgan fingerprint density at radius 1 is 1.14 bits per heavy atom. The summed E-state index contributed by atoms with van der Waals surface area (Å²) < 4.78 is 14.0. The van der Waals surface area contributed by atoms with Gasteiger partial charge in [-0.3, -0.25) is 4.79 Å². The fraction of sp³-hybridized carbons (Fsp3) is 0.278. The van der Waals surface area contributed by atoms with Crippen molar-refractivity contribution in [2.75, 3.05) is 11.4 Å². The standard InChI is InChI=1S/C18H18FNO/c1-13-9-10-16(19)15(12-13)18(21)20-11-5-4-7-14-6-2-3-8-17(14)20/h2-3,6,8-10,12H,4-5,7,11H2,1H3. The van der Waals surface area contributed by atoms with Crippen molar-refractivity contribution in [3.05, 3.63) is 65.0 Å². The Morgan fingerprint density at radius 2 is 1.95 bits per heavy atom. The van der Waals surface area contributed by atoms with Crippen molar-refractivity contribution < 1.29 is 9.18 Å². The molecule has 0 spiro atoms. The molecule has 0 unspecified atom stereocenters. The van der Waals surface area contributed by atoms with Gasteiger partial charge in [0.25, 0.3) is 5.91 Å². The van der Waals surface area contributed by atoms with Crippen LogP contribution >= 0.6 is 0 Å². The monoisotopic (exact) mass is 283 g/mol. The molecule has 0 N–H and O–H groups in total. The Morgan fingerprint density at radius 3 is 2.81 bits per heavy atom. The van der Waals surface area contributed by atoms with Gasteiger partial charge >= 0.3 is 0 Å². The number of carbonyl (C=O) groups excluding carboxylic acids is 1. The normalized spacial score (nSPS) is 14.5. The highest BCUT2D eigenvalue weighted by molar-refractivity contribution is 6.06. The lowest BCUT2D eigenvalue weighted by molar-refractivity contribution is 0.0983. The number of aryl methyl sites for hydroxylation is 2. The molecule has 0 radical (unpaired) electrons. The summed E-state index contributed by atoms with van der Waals surface area (Å²) in [5, 5.41) is 0. The number of carbonyl (C=O) groups is 1. The first kappa shape index (κ1) is 13.8. The van der Waals surface area contributed by atoms with Gasteiger partial charge in [0.05, 0.1) is 5.56 Å². The Bertz CT molecular complexity index is 681. The molecule has 2 aromatic carbocycles. The highest BCUT2D eigenvalue weighted by Gasteiger charge is 2.24. The molecular weight excluding hydrogens is 265 g/mol. The fourth-order valence-electron chi connectivity index (χ4n) is 2.85. The molecule has 0 saturated heterocycles. The predicted octanol–water partition coefficient (Wildman–Crippen LogP) is 4.12. The zero-order valence-electron chi connectivity index (χ0n) is 12.1. The Labute approximate surface area is 124 Å². The number of halogens is 1. The van der Waals surface area contributed by atoms with Crippen LogP contribution in [0, 0.1) is 12.7 Å². The third kappa shape index (κ3) is 2.68. The van der Waals surface area contributed by atoms with E-state index in [4.69, 9.17) is 0 Å². The van der Waals surface area contributed by atoms with Crippen LogP contribution < -0.4 is 4.90 Å². The molecular formula is C18H18FNO. The summed E-state index contributed by atoms with van der Waals surface area (Å²) in [4.78, 5) is 14.5. The van der Waals surface area contributed by atoms with Gasteiger partial charge in [0.15, 0.2) is 0 Å². The van der Waals surface area contributed by atoms with Crippen LogP contribution in [0.2, 0.25) is 0 Å². The number of para-hydroxylation sites is 1. The Kier molecular flexibility index (Phi) is 3.74. The minimum absolute atomic E-state index is 0.159. The number of benzene rings is 2. The van der Waals surface area contributed by atoms with Gasteiger partial charge in [0.2, 0.25) is 0 Å². The molecule has 2 aromatic rings. The smallest absolute Gasteiger partial charge is 0.261 e. The average Bonchev–Trinajstić information content (AvgIpc) is 2.71. The number of rotatable bonds is 1. The zero-order valence-corrected chi connectivity index (χ0v) is 12.1. The summed E-state index contributed by atoms with van der Waals surface area (Å²) in [5.74, 6) is -0.696. The van der Waals surface area contributed by atoms with Crippen LogP contribution in [0.5, 0.6) is 0 Å². The number of fused-ring (bicyclic) bond motifs is 1. The third-order valence-electron chi connectivity index (χ3n) is 3.96. The van der Waals surface area contributed by atoms with Crippen LogP contribution in [-0.2, 0) is 6.42 Å². The largest absolute Gasteiger partial charge is 0.308 e. The average molecular weight is 283 g/mol. The second kappa shape index (κ2) is 5.68. The number of hydrogen-bond acceptors (Lipinski definition) is 1. The second-order valence-electron chi connectivity index (χ2n) is 5.53. The van der Waals surface area contributed by atoms with Gasteiger partial charge in [-0.2, -0.15) is 0 Å². The van der Waals surface area contributed by atoms with Crippen molar-refractivity contribution in [3.8, 4) is 0 Å². The molecule has 21 heavy (non-hydrogen) atoms. The van der Waals surface area contributed by atoms with Crippen molar-refractivity contribution in [1.29, 1.82) is 0 Å². The molecule has 108 valence electrons. The number of anilines is 1. The summed E-state index contributed by atoms with van der Waals surface area (Å²) in [6.45, 7) is 2.51. The maximum Gasteiger partial charge on any atom is 0.261 e. The van der Waals surface area contributed by atoms with Gasteiger partial charge in [-0.1, -0.05) is 29.8 Å². The van der Waals surface area contributed by atoms with Gasteiger partial charge in [-0.05, 0) is 49.9 Å². The van der Waals surface area contributed by atoms with E-state index in [1.54, 1.807) is 17.0 Å². The van der Waals surface area contributed by atoms with Gasteiger partial charge < -0.3 is 4.90 Å². The van der Waals surface area contributed by atoms with Gasteiger partial charge in [-0.15, -0.1) is 0 Å². The molecule has 3 heteroatoms. The SMILES string of the molecule is Cc1ccc(F)c(C(=O)N2CCCCc3ccccc32)c1. The third-order valence-corrected chi connectivity index (χ3v) is 3.96. The van der Waals surface area contributed by atoms with Gasteiger partial charge in [0, 0.05) is 12.2 Å². The molecule has 1 heterocycles. The molecule has 0 saturated carbocycles. The lowest BCUT2D eigenvalue weighted by atomic mass is 10.1. The van der Waals surface area contributed by atoms with Crippen LogP contribution in [0.25, 0.3) is 0 Å². The zero-order chi connectivity index (χ0) is 14.8. The van der Waals surface area contributed by atoms with E-state index in [0.717, 1.165) is 36.1 Å². The van der Waals surface area contributed by atoms with Crippen LogP contribution in [0.3, 0.4) is 0 Å². The predicted molar refractivity (Wildman–Crippen MR) is 82.2 cm³/mol. The summed E-state index contributed by atoms with van der Waals surface area (Å²) in [7, 11) is 0. The molecule has 0 aliphatic carbocycles. The van der Waals surface area contributed by atoms with Crippen molar-refractivity contribution in [2.45, 2.75) is 26.2 Å². The van der Waals surface area contributed by atoms with Gasteiger partial charge in [0.1, 0.15) is 5.82 Å². The van der Waals surface area contributed by atoms with E-state index in [2.05, 4.69) is 0 Å². The summed E-state index contributed by atoms with van der Waals surface area (Å²) >= 11 is 0. The number of nitrogens with zero attached hydrogens (tertiary/aromatic N) is 1. The van der Waals surface area contributed by atoms with Crippen molar-refractivity contribution in [1.82, 2.24) is 0 Å². The first-order chi connectivity index (χ1) is 10.2. The van der Waals surface area contributed by atoms with Crippen molar-refractivity contribution in [2.24, 2.45) is 0 Å². The summed E-state index contributed by atoms with van der Waals surface area (Å²) in [6.07, 6.45) is 2.96. The molecule has 3 rings (SSSR count). The van der Waals surface area contributed by atoms with Crippen LogP contribution in [-0.4, -0.2) is 12.5 Å². The first-order valence-corrected chi connectivity index (χ1v) is 7.33. The minimum Gasteiger partial charge on any atom is -0.308 e. The van der Waals surface area contributed by atoms with Crippen molar-refractivity contribution >= 4 is 11.6 Å². The van der Waals surface area contributed by atoms with Crippen LogP contribution in [0.1, 0.15) is 34.3 Å². The van der Waals surface area contributed by atoms with Crippen LogP contribution in [0.4, 0.5) is 10.1 Å². The molecule has 0 aromatic heterocycles. The summed E-state index contributed by atoms with van der Waals surface area (Å²) in [6, 6.07) is 12.6. The van der Waals surface area contributed by atoms with E-state index in [-0.39, 0.29) is 11.5 Å². The maximum absolute atomic E-state index is 14.0. The van der Waals surface area contributed by atoms with Crippen molar-refractivity contribution in [3.63, 3.8) is 0 Å². The number of amides is 1. The molecule has 0 fully saturated rings. The highest BCUT2D eigenvalue weighted by atomic mass is 19.1. The lowest BCUT2D eigenvalue weighted by Gasteiger charge is -2.23. The van der Waals surface area contributed by atoms with Gasteiger partial charge in [-0.25, -0.2) is 4.39 Å². The second-order valence-corrected chi connectivity index (χ2v) is 5.53. The summed E-state index contributed by atoms with van der Waals surface area (Å²) in [5.41, 5.74) is 3.13. The fourth-order valence-corrected chi connectivity index (χ4v) is 2.85. The van der Waals surface area contributed by atoms with E-state index < -0.39 is 5.82 Å². The van der Waals surface area contributed by atoms with E-state index >= 15 is 0 Å². The lowest BCUT2D eigenvalue weighted by Crippen LogP contribution is -2.32. The van der Waals surface area contributed by atoms with Crippen LogP contribution in [0.15, 0.2) is 42.5 Å². The first-order valence-electron chi connectivity index (χ1n) is 7.33. The van der Waals surface area contributed by atoms with E-state index in [1.807, 2.05) is 31.2 Å². The Balaban J connectivity index is 2.03. The Hall–Kier alpha value is -2.16.